The van der Waals surface area contributed by atoms with Gasteiger partial charge in [0, 0.05) is 22.1 Å². The van der Waals surface area contributed by atoms with E-state index in [2.05, 4.69) is 21.2 Å². The fourth-order valence-electron chi connectivity index (χ4n) is 2.95. The molecule has 9 heteroatoms. The van der Waals surface area contributed by atoms with Crippen LogP contribution in [0.5, 0.6) is 5.75 Å². The standard InChI is InChI=1S/C22H21BrClFN2O3S/c23-17-6-9-22(30-14-19-20(24)2-1-3-21(19)25)16(12-17)13-27-11-10-15-4-7-18(8-5-15)31(26,28)29/h1-9,12,27H,10-11,13-14H2,(H2,26,28,29). The summed E-state index contributed by atoms with van der Waals surface area (Å²) in [6.45, 7) is 1.23. The number of halogens is 3. The maximum atomic E-state index is 14.0. The van der Waals surface area contributed by atoms with E-state index in [4.69, 9.17) is 21.5 Å². The smallest absolute Gasteiger partial charge is 0.238 e. The van der Waals surface area contributed by atoms with Gasteiger partial charge in [0.15, 0.2) is 0 Å². The van der Waals surface area contributed by atoms with Crippen molar-refractivity contribution in [3.63, 3.8) is 0 Å². The van der Waals surface area contributed by atoms with Crippen LogP contribution >= 0.6 is 27.5 Å². The molecule has 0 unspecified atom stereocenters. The molecule has 0 aliphatic rings. The van der Waals surface area contributed by atoms with E-state index >= 15 is 0 Å². The Balaban J connectivity index is 1.58. The summed E-state index contributed by atoms with van der Waals surface area (Å²) in [6.07, 6.45) is 0.708. The number of rotatable bonds is 9. The van der Waals surface area contributed by atoms with Crippen LogP contribution in [0.2, 0.25) is 5.02 Å². The first kappa shape index (κ1) is 23.7. The van der Waals surface area contributed by atoms with Gasteiger partial charge < -0.3 is 10.1 Å². The summed E-state index contributed by atoms with van der Waals surface area (Å²) in [7, 11) is -3.69. The number of nitrogens with two attached hydrogens (primary N) is 1. The molecule has 3 rings (SSSR count). The molecule has 3 aromatic carbocycles. The summed E-state index contributed by atoms with van der Waals surface area (Å²) < 4.78 is 43.4. The summed E-state index contributed by atoms with van der Waals surface area (Å²) >= 11 is 9.54. The first-order valence-corrected chi connectivity index (χ1v) is 12.1. The van der Waals surface area contributed by atoms with Gasteiger partial charge in [-0.15, -0.1) is 0 Å². The molecular weight excluding hydrogens is 507 g/mol. The molecule has 0 saturated heterocycles. The Kier molecular flexibility index (Phi) is 8.07. The molecule has 0 fully saturated rings. The van der Waals surface area contributed by atoms with Crippen molar-refractivity contribution in [3.8, 4) is 5.75 Å². The number of hydrogen-bond acceptors (Lipinski definition) is 4. The van der Waals surface area contributed by atoms with Crippen molar-refractivity contribution >= 4 is 37.6 Å². The van der Waals surface area contributed by atoms with Crippen LogP contribution in [0.1, 0.15) is 16.7 Å². The molecule has 3 aromatic rings. The topological polar surface area (TPSA) is 81.4 Å². The van der Waals surface area contributed by atoms with Crippen LogP contribution in [0.4, 0.5) is 4.39 Å². The van der Waals surface area contributed by atoms with Gasteiger partial charge in [0.1, 0.15) is 18.2 Å². The zero-order chi connectivity index (χ0) is 22.4. The number of ether oxygens (including phenoxy) is 1. The van der Waals surface area contributed by atoms with Crippen molar-refractivity contribution in [2.75, 3.05) is 6.54 Å². The Morgan fingerprint density at radius 1 is 1.10 bits per heavy atom. The predicted octanol–water partition coefficient (Wildman–Crippen LogP) is 4.80. The highest BCUT2D eigenvalue weighted by Crippen LogP contribution is 2.26. The molecule has 3 N–H and O–H groups in total. The van der Waals surface area contributed by atoms with Crippen LogP contribution in [0.25, 0.3) is 0 Å². The van der Waals surface area contributed by atoms with Gasteiger partial charge in [0.2, 0.25) is 10.0 Å². The van der Waals surface area contributed by atoms with Crippen molar-refractivity contribution in [1.29, 1.82) is 0 Å². The Labute approximate surface area is 194 Å². The van der Waals surface area contributed by atoms with Gasteiger partial charge in [-0.05, 0) is 61.0 Å². The van der Waals surface area contributed by atoms with Crippen LogP contribution < -0.4 is 15.2 Å². The fraction of sp³-hybridized carbons (Fsp3) is 0.182. The maximum Gasteiger partial charge on any atom is 0.238 e. The minimum Gasteiger partial charge on any atom is -0.488 e. The van der Waals surface area contributed by atoms with E-state index in [9.17, 15) is 12.8 Å². The quantitative estimate of drug-likeness (QED) is 0.392. The molecule has 0 spiro atoms. The van der Waals surface area contributed by atoms with E-state index in [1.807, 2.05) is 18.2 Å². The van der Waals surface area contributed by atoms with Gasteiger partial charge in [-0.2, -0.15) is 0 Å². The second kappa shape index (κ2) is 10.6. The first-order valence-electron chi connectivity index (χ1n) is 9.40. The Morgan fingerprint density at radius 2 is 1.84 bits per heavy atom. The SMILES string of the molecule is NS(=O)(=O)c1ccc(CCNCc2cc(Br)ccc2OCc2c(F)cccc2Cl)cc1. The van der Waals surface area contributed by atoms with Gasteiger partial charge in [-0.1, -0.05) is 45.7 Å². The molecule has 0 amide bonds. The molecule has 0 aliphatic heterocycles. The number of primary sulfonamides is 1. The lowest BCUT2D eigenvalue weighted by molar-refractivity contribution is 0.296. The summed E-state index contributed by atoms with van der Waals surface area (Å²) in [5, 5.41) is 8.78. The number of sulfonamides is 1. The van der Waals surface area contributed by atoms with E-state index in [1.165, 1.54) is 18.2 Å². The minimum absolute atomic E-state index is 0.0243. The monoisotopic (exact) mass is 526 g/mol. The largest absolute Gasteiger partial charge is 0.488 e. The molecule has 0 aliphatic carbocycles. The van der Waals surface area contributed by atoms with Crippen LogP contribution in [0, 0.1) is 5.82 Å². The summed E-state index contributed by atoms with van der Waals surface area (Å²) in [4.78, 5) is 0.0927. The van der Waals surface area contributed by atoms with Crippen LogP contribution in [0.15, 0.2) is 70.0 Å². The fourth-order valence-corrected chi connectivity index (χ4v) is 4.09. The number of hydrogen-bond donors (Lipinski definition) is 2. The zero-order valence-electron chi connectivity index (χ0n) is 16.4. The minimum atomic E-state index is -3.69. The molecule has 0 heterocycles. The lowest BCUT2D eigenvalue weighted by Gasteiger charge is -2.14. The van der Waals surface area contributed by atoms with E-state index in [1.54, 1.807) is 24.3 Å². The van der Waals surface area contributed by atoms with Gasteiger partial charge in [0.25, 0.3) is 0 Å². The second-order valence-corrected chi connectivity index (χ2v) is 9.74. The lowest BCUT2D eigenvalue weighted by Crippen LogP contribution is -2.17. The van der Waals surface area contributed by atoms with Crippen molar-refractivity contribution < 1.29 is 17.5 Å². The highest BCUT2D eigenvalue weighted by atomic mass is 79.9. The average molecular weight is 528 g/mol. The molecular formula is C22H21BrClFN2O3S. The van der Waals surface area contributed by atoms with Crippen LogP contribution in [0.3, 0.4) is 0 Å². The summed E-state index contributed by atoms with van der Waals surface area (Å²) in [5.74, 6) is 0.227. The summed E-state index contributed by atoms with van der Waals surface area (Å²) in [6, 6.07) is 16.6. The highest BCUT2D eigenvalue weighted by molar-refractivity contribution is 9.10. The normalized spacial score (nSPS) is 11.5. The van der Waals surface area contributed by atoms with Crippen molar-refractivity contribution in [2.45, 2.75) is 24.5 Å². The third-order valence-corrected chi connectivity index (χ3v) is 6.39. The highest BCUT2D eigenvalue weighted by Gasteiger charge is 2.11. The Hall–Kier alpha value is -1.97. The maximum absolute atomic E-state index is 14.0. The Morgan fingerprint density at radius 3 is 2.52 bits per heavy atom. The van der Waals surface area contributed by atoms with Gasteiger partial charge in [-0.25, -0.2) is 17.9 Å². The van der Waals surface area contributed by atoms with Gasteiger partial charge >= 0.3 is 0 Å². The average Bonchev–Trinajstić information content (AvgIpc) is 2.72. The van der Waals surface area contributed by atoms with Crippen LogP contribution in [-0.4, -0.2) is 15.0 Å². The molecule has 0 aromatic heterocycles. The van der Waals surface area contributed by atoms with Gasteiger partial charge in [-0.3, -0.25) is 0 Å². The van der Waals surface area contributed by atoms with E-state index in [-0.39, 0.29) is 11.5 Å². The first-order chi connectivity index (χ1) is 14.7. The van der Waals surface area contributed by atoms with E-state index < -0.39 is 15.8 Å². The van der Waals surface area contributed by atoms with Crippen molar-refractivity contribution in [3.05, 3.63) is 92.7 Å². The number of nitrogens with one attached hydrogen (secondary N) is 1. The second-order valence-electron chi connectivity index (χ2n) is 6.86. The number of benzene rings is 3. The third-order valence-electron chi connectivity index (χ3n) is 4.61. The predicted molar refractivity (Wildman–Crippen MR) is 123 cm³/mol. The van der Waals surface area contributed by atoms with Crippen molar-refractivity contribution in [1.82, 2.24) is 5.32 Å². The molecule has 5 nitrogen and oxygen atoms in total. The van der Waals surface area contributed by atoms with Gasteiger partial charge in [0.05, 0.1) is 9.92 Å². The third kappa shape index (κ3) is 6.75. The van der Waals surface area contributed by atoms with Crippen LogP contribution in [-0.2, 0) is 29.6 Å². The molecule has 0 atom stereocenters. The molecule has 0 saturated carbocycles. The molecule has 164 valence electrons. The summed E-state index contributed by atoms with van der Waals surface area (Å²) in [5.41, 5.74) is 2.21. The van der Waals surface area contributed by atoms with E-state index in [0.29, 0.717) is 35.8 Å². The van der Waals surface area contributed by atoms with Crippen molar-refractivity contribution in [2.24, 2.45) is 5.14 Å². The Bertz CT molecular complexity index is 1140. The molecule has 0 radical (unpaired) electrons. The zero-order valence-corrected chi connectivity index (χ0v) is 19.6. The molecule has 31 heavy (non-hydrogen) atoms. The van der Waals surface area contributed by atoms with E-state index in [0.717, 1.165) is 15.6 Å². The molecule has 0 bridgehead atoms. The lowest BCUT2D eigenvalue weighted by atomic mass is 10.1.